The number of carbonyl (C=O) groups is 2. The maximum atomic E-state index is 14.1. The van der Waals surface area contributed by atoms with Crippen molar-refractivity contribution in [3.05, 3.63) is 163 Å². The first-order valence-electron chi connectivity index (χ1n) is 20.2. The molecule has 1 saturated heterocycles. The highest BCUT2D eigenvalue weighted by molar-refractivity contribution is 5.98. The van der Waals surface area contributed by atoms with Crippen molar-refractivity contribution in [2.24, 2.45) is 5.92 Å². The molecule has 62 heavy (non-hydrogen) atoms. The molecule has 14 heteroatoms. The number of nitrogens with zero attached hydrogens (tertiary/aromatic N) is 5. The van der Waals surface area contributed by atoms with Crippen molar-refractivity contribution < 1.29 is 38.4 Å². The van der Waals surface area contributed by atoms with Crippen LogP contribution in [0, 0.1) is 5.92 Å². The van der Waals surface area contributed by atoms with Crippen molar-refractivity contribution in [3.63, 3.8) is 0 Å². The lowest BCUT2D eigenvalue weighted by molar-refractivity contribution is -0.118. The van der Waals surface area contributed by atoms with E-state index in [9.17, 15) is 14.7 Å². The summed E-state index contributed by atoms with van der Waals surface area (Å²) in [6.45, 7) is 3.45. The third kappa shape index (κ3) is 8.43. The highest BCUT2D eigenvalue weighted by Gasteiger charge is 2.42. The fourth-order valence-electron chi connectivity index (χ4n) is 7.44. The van der Waals surface area contributed by atoms with Crippen molar-refractivity contribution in [2.75, 3.05) is 31.0 Å². The van der Waals surface area contributed by atoms with Gasteiger partial charge >= 0.3 is 6.09 Å². The summed E-state index contributed by atoms with van der Waals surface area (Å²) in [4.78, 5) is 42.1. The van der Waals surface area contributed by atoms with Gasteiger partial charge in [-0.15, -0.1) is 0 Å². The average molecular weight is 835 g/mol. The number of anilines is 3. The molecule has 3 heterocycles. The first kappa shape index (κ1) is 41.6. The topological polar surface area (TPSA) is 159 Å². The second-order valence-electron chi connectivity index (χ2n) is 14.9. The monoisotopic (exact) mass is 834 g/mol. The van der Waals surface area contributed by atoms with E-state index in [2.05, 4.69) is 20.3 Å². The largest absolute Gasteiger partial charge is 0.497 e. The van der Waals surface area contributed by atoms with Gasteiger partial charge in [0.05, 0.1) is 44.6 Å². The molecule has 2 N–H and O–H groups in total. The number of hydrogen-bond acceptors (Lipinski definition) is 11. The predicted octanol–water partition coefficient (Wildman–Crippen LogP) is 8.43. The number of imidazole rings is 1. The number of para-hydroxylation sites is 2. The average Bonchev–Trinajstić information content (AvgIpc) is 3.91. The minimum absolute atomic E-state index is 0.0282. The molecule has 2 amide bonds. The van der Waals surface area contributed by atoms with Crippen LogP contribution in [0.25, 0.3) is 11.2 Å². The van der Waals surface area contributed by atoms with E-state index in [1.54, 1.807) is 56.9 Å². The van der Waals surface area contributed by atoms with Gasteiger partial charge in [-0.05, 0) is 65.2 Å². The van der Waals surface area contributed by atoms with Crippen LogP contribution in [0.4, 0.5) is 22.1 Å². The van der Waals surface area contributed by atoms with Gasteiger partial charge in [0.25, 0.3) is 5.88 Å². The standard InChI is InChI=1S/C48H46N6O8/c1-31(2)44(56)51-46-50-43-42(45(52-46)62-47(57)54(35-16-10-6-11-17-35)36-18-12-7-13-19-36)49-30-53(43)41-28-39(55)40(61-41)29-60-48(32-14-8-5-9-15-32,33-20-24-37(58-3)25-21-33)34-22-26-38(59-4)27-23-34/h5-27,30-31,39-41,55H,28-29H2,1-4H3,(H,50,51,52,56). The molecule has 8 rings (SSSR count). The number of fused-ring (bicyclic) bond motifs is 1. The van der Waals surface area contributed by atoms with E-state index in [1.165, 1.54) is 11.2 Å². The van der Waals surface area contributed by atoms with Gasteiger partial charge in [-0.1, -0.05) is 105 Å². The third-order valence-electron chi connectivity index (χ3n) is 10.7. The normalized spacial score (nSPS) is 16.3. The van der Waals surface area contributed by atoms with Crippen LogP contribution < -0.4 is 24.4 Å². The zero-order valence-corrected chi connectivity index (χ0v) is 34.6. The molecule has 1 fully saturated rings. The second-order valence-corrected chi connectivity index (χ2v) is 14.9. The summed E-state index contributed by atoms with van der Waals surface area (Å²) in [6.07, 6.45) is -1.69. The molecule has 3 unspecified atom stereocenters. The number of rotatable bonds is 14. The van der Waals surface area contributed by atoms with Crippen LogP contribution in [0.1, 0.15) is 43.2 Å². The van der Waals surface area contributed by atoms with Gasteiger partial charge in [-0.2, -0.15) is 9.97 Å². The number of nitrogens with one attached hydrogen (secondary N) is 1. The van der Waals surface area contributed by atoms with Gasteiger partial charge in [0.15, 0.2) is 11.2 Å². The molecule has 0 saturated carbocycles. The molecule has 5 aromatic carbocycles. The van der Waals surface area contributed by atoms with Crippen LogP contribution >= 0.6 is 0 Å². The van der Waals surface area contributed by atoms with Crippen molar-refractivity contribution >= 4 is 40.5 Å². The van der Waals surface area contributed by atoms with Gasteiger partial charge in [0.2, 0.25) is 11.9 Å². The van der Waals surface area contributed by atoms with Gasteiger partial charge < -0.3 is 28.8 Å². The van der Waals surface area contributed by atoms with Gasteiger partial charge in [-0.25, -0.2) is 14.7 Å². The van der Waals surface area contributed by atoms with Crippen molar-refractivity contribution in [2.45, 2.75) is 44.3 Å². The number of ether oxygens (including phenoxy) is 5. The van der Waals surface area contributed by atoms with Gasteiger partial charge in [-0.3, -0.25) is 14.7 Å². The summed E-state index contributed by atoms with van der Waals surface area (Å²) in [6, 6.07) is 43.3. The number of aromatic nitrogens is 4. The summed E-state index contributed by atoms with van der Waals surface area (Å²) < 4.78 is 32.3. The Morgan fingerprint density at radius 3 is 1.85 bits per heavy atom. The minimum atomic E-state index is -1.15. The molecule has 3 atom stereocenters. The number of hydrogen-bond donors (Lipinski definition) is 2. The Kier molecular flexibility index (Phi) is 12.2. The van der Waals surface area contributed by atoms with Crippen LogP contribution in [0.15, 0.2) is 146 Å². The molecule has 0 aliphatic carbocycles. The molecule has 0 spiro atoms. The summed E-state index contributed by atoms with van der Waals surface area (Å²) in [7, 11) is 3.23. The van der Waals surface area contributed by atoms with E-state index < -0.39 is 36.0 Å². The van der Waals surface area contributed by atoms with Crippen LogP contribution in [-0.4, -0.2) is 69.7 Å². The SMILES string of the molecule is COc1ccc(C(OCC2OC(n3cnc4c(OC(=O)N(c5ccccc5)c5ccccc5)nc(NC(=O)C(C)C)nc43)CC2O)(c2ccccc2)c2ccc(OC)cc2)cc1. The Bertz CT molecular complexity index is 2520. The summed E-state index contributed by atoms with van der Waals surface area (Å²) in [5, 5.41) is 14.4. The van der Waals surface area contributed by atoms with Gasteiger partial charge in [0.1, 0.15) is 29.4 Å². The lowest BCUT2D eigenvalue weighted by atomic mass is 9.80. The molecular formula is C48H46N6O8. The molecule has 1 aliphatic rings. The molecule has 1 aliphatic heterocycles. The molecule has 0 bridgehead atoms. The number of aliphatic hydroxyl groups is 1. The Labute approximate surface area is 358 Å². The fourth-order valence-corrected chi connectivity index (χ4v) is 7.44. The number of aliphatic hydroxyl groups excluding tert-OH is 1. The zero-order valence-electron chi connectivity index (χ0n) is 34.6. The van der Waals surface area contributed by atoms with E-state index in [4.69, 9.17) is 23.7 Å². The summed E-state index contributed by atoms with van der Waals surface area (Å²) >= 11 is 0. The maximum Gasteiger partial charge on any atom is 0.425 e. The van der Waals surface area contributed by atoms with E-state index in [1.807, 2.05) is 115 Å². The molecular weight excluding hydrogens is 789 g/mol. The van der Waals surface area contributed by atoms with E-state index in [-0.39, 0.29) is 41.9 Å². The zero-order chi connectivity index (χ0) is 43.2. The molecule has 316 valence electrons. The predicted molar refractivity (Wildman–Crippen MR) is 233 cm³/mol. The van der Waals surface area contributed by atoms with Crippen LogP contribution in [-0.2, 0) is 19.9 Å². The number of methoxy groups -OCH3 is 2. The Hall–Kier alpha value is -7.13. The number of amides is 2. The smallest absolute Gasteiger partial charge is 0.425 e. The van der Waals surface area contributed by atoms with Crippen molar-refractivity contribution in [1.82, 2.24) is 19.5 Å². The number of benzene rings is 5. The summed E-state index contributed by atoms with van der Waals surface area (Å²) in [5.41, 5.74) is 2.83. The molecule has 14 nitrogen and oxygen atoms in total. The Morgan fingerprint density at radius 1 is 0.790 bits per heavy atom. The molecule has 2 aromatic heterocycles. The highest BCUT2D eigenvalue weighted by atomic mass is 16.6. The fraction of sp³-hybridized carbons (Fsp3) is 0.229. The van der Waals surface area contributed by atoms with Crippen LogP contribution in [0.2, 0.25) is 0 Å². The van der Waals surface area contributed by atoms with Crippen molar-refractivity contribution in [1.29, 1.82) is 0 Å². The van der Waals surface area contributed by atoms with E-state index >= 15 is 0 Å². The minimum Gasteiger partial charge on any atom is -0.497 e. The van der Waals surface area contributed by atoms with E-state index in [0.717, 1.165) is 16.7 Å². The molecule has 0 radical (unpaired) electrons. The first-order chi connectivity index (χ1) is 30.2. The Morgan fingerprint density at radius 2 is 1.32 bits per heavy atom. The maximum absolute atomic E-state index is 14.1. The number of carbonyl (C=O) groups excluding carboxylic acids is 2. The van der Waals surface area contributed by atoms with Crippen LogP contribution in [0.3, 0.4) is 0 Å². The Balaban J connectivity index is 1.13. The van der Waals surface area contributed by atoms with Crippen molar-refractivity contribution in [3.8, 4) is 17.4 Å². The highest BCUT2D eigenvalue weighted by Crippen LogP contribution is 2.43. The second kappa shape index (κ2) is 18.2. The lowest BCUT2D eigenvalue weighted by Gasteiger charge is -2.37. The van der Waals surface area contributed by atoms with Gasteiger partial charge in [0, 0.05) is 12.3 Å². The summed E-state index contributed by atoms with van der Waals surface area (Å²) in [5.74, 6) is 0.354. The first-order valence-corrected chi connectivity index (χ1v) is 20.2. The molecule has 7 aromatic rings. The third-order valence-corrected chi connectivity index (χ3v) is 10.7. The lowest BCUT2D eigenvalue weighted by Crippen LogP contribution is -2.38. The quantitative estimate of drug-likeness (QED) is 0.101. The van der Waals surface area contributed by atoms with Crippen LogP contribution in [0.5, 0.6) is 17.4 Å². The van der Waals surface area contributed by atoms with E-state index in [0.29, 0.717) is 22.9 Å².